The fourth-order valence-corrected chi connectivity index (χ4v) is 3.31. The highest BCUT2D eigenvalue weighted by atomic mass is 32.1. The standard InChI is InChI=1S/C17H20N4O3S/c22-15(10-19-17(23)24-12-13-4-2-1-3-5-13)20-14-6-8-21(11-14)16-18-7-9-25-16/h1-5,7,9,14H,6,8,10-12H2,(H,19,23)(H,20,22). The van der Waals surface area contributed by atoms with Crippen molar-refractivity contribution in [3.63, 3.8) is 0 Å². The second-order valence-electron chi connectivity index (χ2n) is 5.73. The lowest BCUT2D eigenvalue weighted by molar-refractivity contribution is -0.120. The van der Waals surface area contributed by atoms with E-state index in [2.05, 4.69) is 20.5 Å². The summed E-state index contributed by atoms with van der Waals surface area (Å²) in [6.07, 6.45) is 2.04. The minimum absolute atomic E-state index is 0.0681. The van der Waals surface area contributed by atoms with Crippen molar-refractivity contribution in [2.45, 2.75) is 19.1 Å². The van der Waals surface area contributed by atoms with Crippen LogP contribution in [-0.2, 0) is 16.1 Å². The first-order valence-electron chi connectivity index (χ1n) is 8.09. The number of nitrogens with one attached hydrogen (secondary N) is 2. The summed E-state index contributed by atoms with van der Waals surface area (Å²) in [5.41, 5.74) is 0.898. The Bertz CT molecular complexity index is 693. The second kappa shape index (κ2) is 8.48. The van der Waals surface area contributed by atoms with Crippen LogP contribution in [0.4, 0.5) is 9.93 Å². The number of ether oxygens (including phenoxy) is 1. The van der Waals surface area contributed by atoms with Gasteiger partial charge in [0.2, 0.25) is 5.91 Å². The van der Waals surface area contributed by atoms with Crippen molar-refractivity contribution in [1.29, 1.82) is 0 Å². The Morgan fingerprint density at radius 2 is 2.16 bits per heavy atom. The number of carbonyl (C=O) groups excluding carboxylic acids is 2. The summed E-state index contributed by atoms with van der Waals surface area (Å²) < 4.78 is 5.07. The fraction of sp³-hybridized carbons (Fsp3) is 0.353. The summed E-state index contributed by atoms with van der Waals surface area (Å²) in [4.78, 5) is 30.0. The number of hydrogen-bond acceptors (Lipinski definition) is 6. The lowest BCUT2D eigenvalue weighted by atomic mass is 10.2. The second-order valence-corrected chi connectivity index (χ2v) is 6.60. The molecule has 1 aliphatic heterocycles. The number of carbonyl (C=O) groups is 2. The summed E-state index contributed by atoms with van der Waals surface area (Å²) in [5.74, 6) is -0.220. The third-order valence-corrected chi connectivity index (χ3v) is 4.68. The molecule has 25 heavy (non-hydrogen) atoms. The molecular formula is C17H20N4O3S. The molecule has 0 saturated carbocycles. The number of aromatic nitrogens is 1. The lowest BCUT2D eigenvalue weighted by Crippen LogP contribution is -2.43. The van der Waals surface area contributed by atoms with E-state index in [4.69, 9.17) is 4.74 Å². The minimum Gasteiger partial charge on any atom is -0.445 e. The fourth-order valence-electron chi connectivity index (χ4n) is 2.63. The van der Waals surface area contributed by atoms with Crippen molar-refractivity contribution in [3.8, 4) is 0 Å². The van der Waals surface area contributed by atoms with Crippen molar-refractivity contribution in [2.75, 3.05) is 24.5 Å². The number of amides is 2. The maximum absolute atomic E-state index is 12.0. The molecule has 2 aromatic rings. The van der Waals surface area contributed by atoms with E-state index >= 15 is 0 Å². The van der Waals surface area contributed by atoms with Gasteiger partial charge in [-0.15, -0.1) is 11.3 Å². The van der Waals surface area contributed by atoms with Crippen molar-refractivity contribution >= 4 is 28.5 Å². The number of rotatable bonds is 6. The molecule has 1 unspecified atom stereocenters. The highest BCUT2D eigenvalue weighted by Gasteiger charge is 2.25. The van der Waals surface area contributed by atoms with Crippen LogP contribution < -0.4 is 15.5 Å². The highest BCUT2D eigenvalue weighted by molar-refractivity contribution is 7.13. The van der Waals surface area contributed by atoms with E-state index in [0.29, 0.717) is 0 Å². The molecule has 3 rings (SSSR count). The van der Waals surface area contributed by atoms with Crippen LogP contribution in [0.5, 0.6) is 0 Å². The van der Waals surface area contributed by atoms with Crippen LogP contribution in [0.25, 0.3) is 0 Å². The summed E-state index contributed by atoms with van der Waals surface area (Å²) in [6, 6.07) is 9.45. The quantitative estimate of drug-likeness (QED) is 0.820. The van der Waals surface area contributed by atoms with Gasteiger partial charge in [0.15, 0.2) is 5.13 Å². The SMILES string of the molecule is O=C(CNC(=O)OCc1ccccc1)NC1CCN(c2nccs2)C1. The Morgan fingerprint density at radius 1 is 1.32 bits per heavy atom. The average molecular weight is 360 g/mol. The summed E-state index contributed by atoms with van der Waals surface area (Å²) in [7, 11) is 0. The topological polar surface area (TPSA) is 83.6 Å². The van der Waals surface area contributed by atoms with Gasteiger partial charge in [-0.25, -0.2) is 9.78 Å². The molecule has 0 spiro atoms. The number of thiazole rings is 1. The Morgan fingerprint density at radius 3 is 2.92 bits per heavy atom. The third-order valence-electron chi connectivity index (χ3n) is 3.85. The number of nitrogens with zero attached hydrogens (tertiary/aromatic N) is 2. The van der Waals surface area contributed by atoms with Crippen LogP contribution in [0.1, 0.15) is 12.0 Å². The molecular weight excluding hydrogens is 340 g/mol. The Hall–Kier alpha value is -2.61. The van der Waals surface area contributed by atoms with Crippen LogP contribution >= 0.6 is 11.3 Å². The van der Waals surface area contributed by atoms with Crippen LogP contribution in [0.15, 0.2) is 41.9 Å². The molecule has 0 aliphatic carbocycles. The number of anilines is 1. The molecule has 1 saturated heterocycles. The summed E-state index contributed by atoms with van der Waals surface area (Å²) in [6.45, 7) is 1.68. The van der Waals surface area contributed by atoms with Gasteiger partial charge in [-0.3, -0.25) is 4.79 Å². The Labute approximate surface area is 150 Å². The van der Waals surface area contributed by atoms with E-state index in [-0.39, 0.29) is 25.1 Å². The maximum atomic E-state index is 12.0. The summed E-state index contributed by atoms with van der Waals surface area (Å²) in [5, 5.41) is 8.30. The van der Waals surface area contributed by atoms with Gasteiger partial charge in [0.25, 0.3) is 0 Å². The highest BCUT2D eigenvalue weighted by Crippen LogP contribution is 2.22. The van der Waals surface area contributed by atoms with Crippen LogP contribution in [0.3, 0.4) is 0 Å². The molecule has 132 valence electrons. The van der Waals surface area contributed by atoms with Gasteiger partial charge in [0, 0.05) is 30.7 Å². The normalized spacial score (nSPS) is 16.5. The van der Waals surface area contributed by atoms with Crippen molar-refractivity contribution in [1.82, 2.24) is 15.6 Å². The predicted octanol–water partition coefficient (Wildman–Crippen LogP) is 1.76. The molecule has 1 atom stereocenters. The molecule has 0 bridgehead atoms. The van der Waals surface area contributed by atoms with E-state index in [1.165, 1.54) is 0 Å². The largest absolute Gasteiger partial charge is 0.445 e. The van der Waals surface area contributed by atoms with Gasteiger partial charge in [0.1, 0.15) is 13.2 Å². The van der Waals surface area contributed by atoms with Gasteiger partial charge in [-0.05, 0) is 12.0 Å². The molecule has 0 radical (unpaired) electrons. The van der Waals surface area contributed by atoms with Crippen LogP contribution in [-0.4, -0.2) is 42.7 Å². The third kappa shape index (κ3) is 5.18. The van der Waals surface area contributed by atoms with E-state index in [9.17, 15) is 9.59 Å². The van der Waals surface area contributed by atoms with Crippen molar-refractivity contribution < 1.29 is 14.3 Å². The lowest BCUT2D eigenvalue weighted by Gasteiger charge is -2.16. The smallest absolute Gasteiger partial charge is 0.407 e. The van der Waals surface area contributed by atoms with Gasteiger partial charge < -0.3 is 20.3 Å². The Balaban J connectivity index is 1.33. The number of alkyl carbamates (subject to hydrolysis) is 1. The van der Waals surface area contributed by atoms with E-state index < -0.39 is 6.09 Å². The van der Waals surface area contributed by atoms with Gasteiger partial charge in [-0.2, -0.15) is 0 Å². The van der Waals surface area contributed by atoms with Gasteiger partial charge in [-0.1, -0.05) is 30.3 Å². The van der Waals surface area contributed by atoms with Crippen molar-refractivity contribution in [3.05, 3.63) is 47.5 Å². The maximum Gasteiger partial charge on any atom is 0.407 e. The van der Waals surface area contributed by atoms with Crippen LogP contribution in [0.2, 0.25) is 0 Å². The van der Waals surface area contributed by atoms with Crippen LogP contribution in [0, 0.1) is 0 Å². The molecule has 8 heteroatoms. The first kappa shape index (κ1) is 17.2. The molecule has 1 aromatic heterocycles. The molecule has 2 amide bonds. The van der Waals surface area contributed by atoms with Crippen molar-refractivity contribution in [2.24, 2.45) is 0 Å². The molecule has 1 aromatic carbocycles. The Kier molecular flexibility index (Phi) is 5.84. The van der Waals surface area contributed by atoms with Gasteiger partial charge in [0.05, 0.1) is 0 Å². The number of benzene rings is 1. The molecule has 7 nitrogen and oxygen atoms in total. The molecule has 1 fully saturated rings. The predicted molar refractivity (Wildman–Crippen MR) is 95.5 cm³/mol. The van der Waals surface area contributed by atoms with Gasteiger partial charge >= 0.3 is 6.09 Å². The first-order valence-corrected chi connectivity index (χ1v) is 8.97. The number of hydrogen-bond donors (Lipinski definition) is 2. The van der Waals surface area contributed by atoms with E-state index in [1.54, 1.807) is 17.5 Å². The van der Waals surface area contributed by atoms with E-state index in [0.717, 1.165) is 30.2 Å². The zero-order chi connectivity index (χ0) is 17.5. The molecule has 2 heterocycles. The van der Waals surface area contributed by atoms with E-state index in [1.807, 2.05) is 35.7 Å². The minimum atomic E-state index is -0.602. The molecule has 1 aliphatic rings. The zero-order valence-corrected chi connectivity index (χ0v) is 14.5. The first-order chi connectivity index (χ1) is 12.2. The molecule has 2 N–H and O–H groups in total. The zero-order valence-electron chi connectivity index (χ0n) is 13.7. The average Bonchev–Trinajstić information content (AvgIpc) is 3.30. The monoisotopic (exact) mass is 360 g/mol. The summed E-state index contributed by atoms with van der Waals surface area (Å²) >= 11 is 1.59.